The zero-order valence-electron chi connectivity index (χ0n) is 17.2. The van der Waals surface area contributed by atoms with E-state index in [1.807, 2.05) is 50.4 Å². The first-order chi connectivity index (χ1) is 14.4. The summed E-state index contributed by atoms with van der Waals surface area (Å²) in [6.45, 7) is 6.69. The molecule has 0 saturated heterocycles. The van der Waals surface area contributed by atoms with Gasteiger partial charge in [-0.3, -0.25) is 14.0 Å². The summed E-state index contributed by atoms with van der Waals surface area (Å²) in [4.78, 5) is 30.4. The molecule has 30 heavy (non-hydrogen) atoms. The molecule has 1 aromatic carbocycles. The van der Waals surface area contributed by atoms with Gasteiger partial charge in [0, 0.05) is 46.4 Å². The number of thiazole rings is 1. The average Bonchev–Trinajstić information content (AvgIpc) is 3.23. The maximum absolute atomic E-state index is 12.8. The largest absolute Gasteiger partial charge is 0.344 e. The maximum atomic E-state index is 12.8. The van der Waals surface area contributed by atoms with E-state index in [0.29, 0.717) is 22.2 Å². The third kappa shape index (κ3) is 4.13. The number of aromatic nitrogens is 3. The highest BCUT2D eigenvalue weighted by Crippen LogP contribution is 2.21. The summed E-state index contributed by atoms with van der Waals surface area (Å²) in [6, 6.07) is 13.8. The molecule has 154 valence electrons. The lowest BCUT2D eigenvalue weighted by Crippen LogP contribution is -2.15. The van der Waals surface area contributed by atoms with Gasteiger partial charge in [0.15, 0.2) is 10.7 Å². The lowest BCUT2D eigenvalue weighted by Gasteiger charge is -2.10. The zero-order valence-corrected chi connectivity index (χ0v) is 18.8. The van der Waals surface area contributed by atoms with E-state index in [1.54, 1.807) is 10.5 Å². The minimum Gasteiger partial charge on any atom is -0.344 e. The Hall–Kier alpha value is -2.64. The summed E-state index contributed by atoms with van der Waals surface area (Å²) >= 11 is 2.96. The van der Waals surface area contributed by atoms with Gasteiger partial charge in [0.1, 0.15) is 0 Å². The van der Waals surface area contributed by atoms with Gasteiger partial charge < -0.3 is 4.57 Å². The molecule has 0 N–H and O–H groups in total. The standard InChI is InChI=1S/C23H23N3O2S2/c1-15-9-20(17(3)25(15)11-18-7-5-4-6-8-18)21(27)14-29-13-19-10-22(28)26-16(2)12-30-23(26)24-19/h4-10,12H,11,13-14H2,1-3H3. The lowest BCUT2D eigenvalue weighted by molar-refractivity contribution is 0.102. The Labute approximate surface area is 183 Å². The summed E-state index contributed by atoms with van der Waals surface area (Å²) in [7, 11) is 0. The Balaban J connectivity index is 1.43. The minimum atomic E-state index is -0.0647. The van der Waals surface area contributed by atoms with E-state index < -0.39 is 0 Å². The number of rotatable bonds is 7. The van der Waals surface area contributed by atoms with Gasteiger partial charge in [0.25, 0.3) is 5.56 Å². The Morgan fingerprint density at radius 1 is 1.10 bits per heavy atom. The maximum Gasteiger partial charge on any atom is 0.258 e. The van der Waals surface area contributed by atoms with Crippen LogP contribution in [0.3, 0.4) is 0 Å². The number of hydrogen-bond acceptors (Lipinski definition) is 5. The van der Waals surface area contributed by atoms with Gasteiger partial charge in [-0.15, -0.1) is 23.1 Å². The highest BCUT2D eigenvalue weighted by atomic mass is 32.2. The van der Waals surface area contributed by atoms with Crippen molar-refractivity contribution >= 4 is 33.8 Å². The second-order valence-electron chi connectivity index (χ2n) is 7.35. The third-order valence-electron chi connectivity index (χ3n) is 5.17. The van der Waals surface area contributed by atoms with Gasteiger partial charge >= 0.3 is 0 Å². The number of nitrogens with zero attached hydrogens (tertiary/aromatic N) is 3. The Bertz CT molecular complexity index is 1270. The molecule has 0 saturated carbocycles. The number of ketones is 1. The molecule has 0 amide bonds. The van der Waals surface area contributed by atoms with Crippen LogP contribution in [0.1, 0.15) is 38.7 Å². The van der Waals surface area contributed by atoms with E-state index in [2.05, 4.69) is 21.7 Å². The molecule has 0 spiro atoms. The smallest absolute Gasteiger partial charge is 0.258 e. The van der Waals surface area contributed by atoms with Gasteiger partial charge in [-0.05, 0) is 32.4 Å². The Kier molecular flexibility index (Phi) is 5.92. The van der Waals surface area contributed by atoms with Crippen molar-refractivity contribution in [1.82, 2.24) is 14.0 Å². The Morgan fingerprint density at radius 2 is 1.87 bits per heavy atom. The lowest BCUT2D eigenvalue weighted by atomic mass is 10.2. The molecule has 0 bridgehead atoms. The van der Waals surface area contributed by atoms with Crippen LogP contribution >= 0.6 is 23.1 Å². The molecule has 4 aromatic rings. The molecular formula is C23H23N3O2S2. The summed E-state index contributed by atoms with van der Waals surface area (Å²) in [5.74, 6) is 1.01. The van der Waals surface area contributed by atoms with Crippen molar-refractivity contribution in [2.24, 2.45) is 0 Å². The number of carbonyl (C=O) groups excluding carboxylic acids is 1. The van der Waals surface area contributed by atoms with Gasteiger partial charge in [-0.1, -0.05) is 30.3 Å². The van der Waals surface area contributed by atoms with Gasteiger partial charge in [0.05, 0.1) is 11.4 Å². The number of aryl methyl sites for hydroxylation is 2. The molecular weight excluding hydrogens is 414 g/mol. The first-order valence-electron chi connectivity index (χ1n) is 9.72. The number of hydrogen-bond donors (Lipinski definition) is 0. The quantitative estimate of drug-likeness (QED) is 0.395. The molecule has 7 heteroatoms. The molecule has 0 aliphatic heterocycles. The molecule has 0 radical (unpaired) electrons. The van der Waals surface area contributed by atoms with Crippen molar-refractivity contribution in [3.8, 4) is 0 Å². The van der Waals surface area contributed by atoms with Crippen LogP contribution in [0.15, 0.2) is 52.6 Å². The first kappa shape index (κ1) is 20.6. The van der Waals surface area contributed by atoms with Crippen molar-refractivity contribution in [1.29, 1.82) is 0 Å². The van der Waals surface area contributed by atoms with Crippen molar-refractivity contribution in [2.75, 3.05) is 5.75 Å². The van der Waals surface area contributed by atoms with Crippen LogP contribution in [0, 0.1) is 20.8 Å². The summed E-state index contributed by atoms with van der Waals surface area (Å²) in [5, 5.41) is 1.93. The van der Waals surface area contributed by atoms with E-state index in [9.17, 15) is 9.59 Å². The average molecular weight is 438 g/mol. The fourth-order valence-corrected chi connectivity index (χ4v) is 5.28. The summed E-state index contributed by atoms with van der Waals surface area (Å²) < 4.78 is 3.80. The molecule has 3 aromatic heterocycles. The molecule has 0 unspecified atom stereocenters. The Morgan fingerprint density at radius 3 is 2.63 bits per heavy atom. The van der Waals surface area contributed by atoms with E-state index >= 15 is 0 Å². The SMILES string of the molecule is Cc1cc(C(=O)CSCc2cc(=O)n3c(C)csc3n2)c(C)n1Cc1ccccc1. The third-order valence-corrected chi connectivity index (χ3v) is 7.08. The molecule has 3 heterocycles. The molecule has 0 aliphatic rings. The van der Waals surface area contributed by atoms with Gasteiger partial charge in [-0.25, -0.2) is 4.98 Å². The fraction of sp³-hybridized carbons (Fsp3) is 0.261. The normalized spacial score (nSPS) is 11.3. The minimum absolute atomic E-state index is 0.0647. The number of fused-ring (bicyclic) bond motifs is 1. The predicted octanol–water partition coefficient (Wildman–Crippen LogP) is 4.65. The van der Waals surface area contributed by atoms with Crippen LogP contribution in [0.25, 0.3) is 4.96 Å². The van der Waals surface area contributed by atoms with Crippen LogP contribution < -0.4 is 5.56 Å². The van der Waals surface area contributed by atoms with Gasteiger partial charge in [-0.2, -0.15) is 0 Å². The molecule has 4 rings (SSSR count). The topological polar surface area (TPSA) is 56.4 Å². The van der Waals surface area contributed by atoms with Crippen LogP contribution in [0.4, 0.5) is 0 Å². The summed E-state index contributed by atoms with van der Waals surface area (Å²) in [6.07, 6.45) is 0. The van der Waals surface area contributed by atoms with Crippen LogP contribution in [-0.2, 0) is 12.3 Å². The first-order valence-corrected chi connectivity index (χ1v) is 11.8. The number of thioether (sulfide) groups is 1. The summed E-state index contributed by atoms with van der Waals surface area (Å²) in [5.41, 5.74) is 5.61. The highest BCUT2D eigenvalue weighted by molar-refractivity contribution is 7.99. The van der Waals surface area contributed by atoms with Crippen molar-refractivity contribution in [3.05, 3.63) is 92.1 Å². The van der Waals surface area contributed by atoms with E-state index in [-0.39, 0.29) is 11.3 Å². The molecule has 5 nitrogen and oxygen atoms in total. The van der Waals surface area contributed by atoms with E-state index in [4.69, 9.17) is 0 Å². The van der Waals surface area contributed by atoms with Gasteiger partial charge in [0.2, 0.25) is 0 Å². The number of Topliss-reactive ketones (excluding diaryl/α,β-unsaturated/α-hetero) is 1. The molecule has 0 atom stereocenters. The van der Waals surface area contributed by atoms with Crippen LogP contribution in [-0.4, -0.2) is 25.5 Å². The fourth-order valence-electron chi connectivity index (χ4n) is 3.59. The number of benzene rings is 1. The van der Waals surface area contributed by atoms with Crippen LogP contribution in [0.5, 0.6) is 0 Å². The van der Waals surface area contributed by atoms with E-state index in [0.717, 1.165) is 29.2 Å². The second kappa shape index (κ2) is 8.62. The van der Waals surface area contributed by atoms with Crippen molar-refractivity contribution < 1.29 is 4.79 Å². The monoisotopic (exact) mass is 437 g/mol. The van der Waals surface area contributed by atoms with Crippen molar-refractivity contribution in [3.63, 3.8) is 0 Å². The van der Waals surface area contributed by atoms with E-state index in [1.165, 1.54) is 28.7 Å². The van der Waals surface area contributed by atoms with Crippen LogP contribution in [0.2, 0.25) is 0 Å². The second-order valence-corrected chi connectivity index (χ2v) is 9.18. The zero-order chi connectivity index (χ0) is 21.3. The molecule has 0 aliphatic carbocycles. The number of carbonyl (C=O) groups is 1. The predicted molar refractivity (Wildman–Crippen MR) is 124 cm³/mol. The molecule has 0 fully saturated rings. The van der Waals surface area contributed by atoms with Crippen molar-refractivity contribution in [2.45, 2.75) is 33.1 Å². The highest BCUT2D eigenvalue weighted by Gasteiger charge is 2.16.